The lowest BCUT2D eigenvalue weighted by Crippen LogP contribution is -2.67. The fourth-order valence-corrected chi connectivity index (χ4v) is 14.3. The van der Waals surface area contributed by atoms with E-state index in [1.807, 2.05) is 0 Å². The first-order valence-electron chi connectivity index (χ1n) is 23.6. The summed E-state index contributed by atoms with van der Waals surface area (Å²) in [4.78, 5) is 0. The Morgan fingerprint density at radius 2 is 1.38 bits per heavy atom. The summed E-state index contributed by atoms with van der Waals surface area (Å²) < 4.78 is 42.7. The average Bonchev–Trinajstić information content (AvgIpc) is 3.72. The highest BCUT2D eigenvalue weighted by Crippen LogP contribution is 2.70. The van der Waals surface area contributed by atoms with E-state index >= 15 is 0 Å². The van der Waals surface area contributed by atoms with Gasteiger partial charge in [-0.05, 0) is 98.7 Å². The number of ether oxygens (including phenoxy) is 7. The van der Waals surface area contributed by atoms with Gasteiger partial charge < -0.3 is 84.2 Å². The van der Waals surface area contributed by atoms with E-state index in [0.717, 1.165) is 45.1 Å². The van der Waals surface area contributed by atoms with Crippen molar-refractivity contribution >= 4 is 0 Å². The lowest BCUT2D eigenvalue weighted by Gasteiger charge is -2.59. The smallest absolute Gasteiger partial charge is 0.187 e. The van der Waals surface area contributed by atoms with Crippen LogP contribution < -0.4 is 5.32 Å². The molecule has 0 bridgehead atoms. The van der Waals surface area contributed by atoms with Crippen LogP contribution in [-0.2, 0) is 33.2 Å². The van der Waals surface area contributed by atoms with Crippen molar-refractivity contribution in [3.05, 3.63) is 11.6 Å². The quantitative estimate of drug-likeness (QED) is 0.127. The Hall–Kier alpha value is -0.980. The SMILES string of the molecule is CC1CNC2(OC3CC4C5CC=C6CC(OC7OC(CO)C(O)C(OC8OC(CO)C(O)C(O)C8OC8OC(C)C(O)C(O)C8O)C7O)CCC6(C)C5CCC4(C)C3C2C)C(O)C1. The number of hydrogen-bond acceptors (Lipinski definition) is 18. The maximum Gasteiger partial charge on any atom is 0.187 e. The van der Waals surface area contributed by atoms with Crippen molar-refractivity contribution in [3.8, 4) is 0 Å². The molecule has 0 radical (unpaired) electrons. The molecule has 8 fully saturated rings. The van der Waals surface area contributed by atoms with Crippen molar-refractivity contribution < 1.29 is 84.2 Å². The summed E-state index contributed by atoms with van der Waals surface area (Å²) in [5, 5.41) is 112. The van der Waals surface area contributed by atoms with E-state index in [1.165, 1.54) is 12.5 Å². The molecule has 0 amide bonds. The van der Waals surface area contributed by atoms with E-state index in [-0.39, 0.29) is 29.0 Å². The number of allylic oxidation sites excluding steroid dienone is 1. The molecule has 4 aliphatic carbocycles. The van der Waals surface area contributed by atoms with Crippen LogP contribution >= 0.6 is 0 Å². The highest BCUT2D eigenvalue weighted by atomic mass is 16.8. The van der Waals surface area contributed by atoms with Gasteiger partial charge in [0.05, 0.1) is 37.6 Å². The number of aliphatic hydroxyl groups is 10. The molecule has 360 valence electrons. The van der Waals surface area contributed by atoms with Gasteiger partial charge in [-0.3, -0.25) is 5.32 Å². The molecule has 63 heavy (non-hydrogen) atoms. The van der Waals surface area contributed by atoms with E-state index in [2.05, 4.69) is 39.1 Å². The number of rotatable bonds is 8. The van der Waals surface area contributed by atoms with Crippen molar-refractivity contribution in [1.29, 1.82) is 0 Å². The molecule has 5 heterocycles. The summed E-state index contributed by atoms with van der Waals surface area (Å²) in [6, 6.07) is 0. The van der Waals surface area contributed by atoms with Crippen LogP contribution in [0.1, 0.15) is 86.0 Å². The fraction of sp³-hybridized carbons (Fsp3) is 0.956. The van der Waals surface area contributed by atoms with Crippen LogP contribution in [0.4, 0.5) is 0 Å². The van der Waals surface area contributed by atoms with Crippen molar-refractivity contribution in [2.45, 2.75) is 202 Å². The molecular formula is C45H73NO17. The minimum atomic E-state index is -1.82. The lowest BCUT2D eigenvalue weighted by atomic mass is 9.46. The first-order valence-corrected chi connectivity index (χ1v) is 23.6. The molecule has 18 heteroatoms. The van der Waals surface area contributed by atoms with E-state index < -0.39 is 117 Å². The first kappa shape index (κ1) is 47.1. The molecule has 0 aromatic heterocycles. The molecule has 3 saturated carbocycles. The van der Waals surface area contributed by atoms with Crippen molar-refractivity contribution in [2.24, 2.45) is 46.3 Å². The molecule has 0 aromatic carbocycles. The second-order valence-corrected chi connectivity index (χ2v) is 21.3. The zero-order chi connectivity index (χ0) is 45.1. The maximum atomic E-state index is 11.8. The van der Waals surface area contributed by atoms with Gasteiger partial charge in [0.25, 0.3) is 0 Å². The molecule has 27 unspecified atom stereocenters. The van der Waals surface area contributed by atoms with Crippen molar-refractivity contribution in [3.63, 3.8) is 0 Å². The van der Waals surface area contributed by atoms with Gasteiger partial charge in [0.2, 0.25) is 0 Å². The monoisotopic (exact) mass is 899 g/mol. The minimum absolute atomic E-state index is 0.0438. The Morgan fingerprint density at radius 1 is 0.698 bits per heavy atom. The van der Waals surface area contributed by atoms with Crippen LogP contribution in [0.15, 0.2) is 11.6 Å². The molecule has 9 rings (SSSR count). The van der Waals surface area contributed by atoms with Crippen LogP contribution in [0.5, 0.6) is 0 Å². The largest absolute Gasteiger partial charge is 0.394 e. The zero-order valence-corrected chi connectivity index (χ0v) is 37.0. The predicted molar refractivity (Wildman–Crippen MR) is 218 cm³/mol. The fourth-order valence-electron chi connectivity index (χ4n) is 14.3. The second kappa shape index (κ2) is 17.5. The van der Waals surface area contributed by atoms with Gasteiger partial charge in [0.15, 0.2) is 18.9 Å². The topological polar surface area (TPSA) is 279 Å². The third kappa shape index (κ3) is 7.62. The average molecular weight is 900 g/mol. The van der Waals surface area contributed by atoms with E-state index in [9.17, 15) is 51.1 Å². The third-order valence-corrected chi connectivity index (χ3v) is 17.9. The Balaban J connectivity index is 0.879. The summed E-state index contributed by atoms with van der Waals surface area (Å²) in [5.74, 6) is 2.49. The number of piperidine rings is 1. The minimum Gasteiger partial charge on any atom is -0.394 e. The van der Waals surface area contributed by atoms with Crippen molar-refractivity contribution in [2.75, 3.05) is 19.8 Å². The number of hydrogen-bond donors (Lipinski definition) is 11. The van der Waals surface area contributed by atoms with Gasteiger partial charge in [-0.25, -0.2) is 0 Å². The Bertz CT molecular complexity index is 1660. The lowest BCUT2D eigenvalue weighted by molar-refractivity contribution is -0.389. The molecule has 9 aliphatic rings. The first-order chi connectivity index (χ1) is 29.9. The van der Waals surface area contributed by atoms with Crippen LogP contribution in [0, 0.1) is 46.3 Å². The van der Waals surface area contributed by atoms with Gasteiger partial charge in [-0.15, -0.1) is 0 Å². The summed E-state index contributed by atoms with van der Waals surface area (Å²) in [5.41, 5.74) is 0.720. The molecule has 27 atom stereocenters. The summed E-state index contributed by atoms with van der Waals surface area (Å²) in [6.45, 7) is 10.2. The zero-order valence-electron chi connectivity index (χ0n) is 37.0. The summed E-state index contributed by atoms with van der Waals surface area (Å²) in [7, 11) is 0. The standard InChI is InChI=1S/C45H73NO17/c1-18-12-29(49)45(46-15-18)19(2)30-26(63-45)14-25-23-7-6-21-13-22(8-10-43(21,4)24(23)9-11-44(25,30)5)58-41-37(56)38(33(52)28(17-48)59-41)61-42-39(35(54)32(51)27(16-47)60-42)62-40-36(55)34(53)31(50)20(3)57-40/h6,18-20,22-42,46-56H,7-17H2,1-5H3. The van der Waals surface area contributed by atoms with Gasteiger partial charge in [0.1, 0.15) is 72.9 Å². The molecule has 5 aliphatic heterocycles. The Labute approximate surface area is 368 Å². The number of fused-ring (bicyclic) bond motifs is 7. The normalized spacial score (nSPS) is 58.1. The number of nitrogens with one attached hydrogen (secondary N) is 1. The molecule has 5 saturated heterocycles. The highest BCUT2D eigenvalue weighted by molar-refractivity contribution is 5.27. The highest BCUT2D eigenvalue weighted by Gasteiger charge is 2.70. The molecule has 11 N–H and O–H groups in total. The second-order valence-electron chi connectivity index (χ2n) is 21.3. The van der Waals surface area contributed by atoms with Gasteiger partial charge >= 0.3 is 0 Å². The maximum absolute atomic E-state index is 11.8. The van der Waals surface area contributed by atoms with Crippen LogP contribution in [0.2, 0.25) is 0 Å². The van der Waals surface area contributed by atoms with Crippen LogP contribution in [0.25, 0.3) is 0 Å². The van der Waals surface area contributed by atoms with Crippen molar-refractivity contribution in [1.82, 2.24) is 5.32 Å². The Kier molecular flexibility index (Phi) is 13.1. The van der Waals surface area contributed by atoms with Gasteiger partial charge in [-0.2, -0.15) is 0 Å². The predicted octanol–water partition coefficient (Wildman–Crippen LogP) is -1.24. The number of aliphatic hydroxyl groups excluding tert-OH is 10. The Morgan fingerprint density at radius 3 is 2.10 bits per heavy atom. The van der Waals surface area contributed by atoms with Gasteiger partial charge in [-0.1, -0.05) is 39.3 Å². The van der Waals surface area contributed by atoms with E-state index in [1.54, 1.807) is 0 Å². The molecule has 1 spiro atoms. The van der Waals surface area contributed by atoms with Gasteiger partial charge in [0, 0.05) is 12.5 Å². The summed E-state index contributed by atoms with van der Waals surface area (Å²) in [6.07, 6.45) is -14.7. The van der Waals surface area contributed by atoms with Crippen LogP contribution in [-0.4, -0.2) is 187 Å². The van der Waals surface area contributed by atoms with E-state index in [0.29, 0.717) is 42.4 Å². The molecule has 18 nitrogen and oxygen atoms in total. The third-order valence-electron chi connectivity index (χ3n) is 17.9. The molecule has 0 aromatic rings. The van der Waals surface area contributed by atoms with Crippen LogP contribution in [0.3, 0.4) is 0 Å². The summed E-state index contributed by atoms with van der Waals surface area (Å²) >= 11 is 0. The van der Waals surface area contributed by atoms with E-state index in [4.69, 9.17) is 33.2 Å². The molecular weight excluding hydrogens is 826 g/mol.